The van der Waals surface area contributed by atoms with Crippen LogP contribution in [0.15, 0.2) is 52.9 Å². The first kappa shape index (κ1) is 11.9. The average Bonchev–Trinajstić information content (AvgIpc) is 2.89. The lowest BCUT2D eigenvalue weighted by atomic mass is 10.1. The van der Waals surface area contributed by atoms with Crippen LogP contribution in [0.2, 0.25) is 0 Å². The smallest absolute Gasteiger partial charge is 0.227 e. The molecule has 0 aliphatic carbocycles. The van der Waals surface area contributed by atoms with Gasteiger partial charge in [0.1, 0.15) is 5.52 Å². The lowest BCUT2D eigenvalue weighted by molar-refractivity contribution is 0.620. The van der Waals surface area contributed by atoms with Gasteiger partial charge in [-0.25, -0.2) is 4.98 Å². The third-order valence-corrected chi connectivity index (χ3v) is 3.14. The van der Waals surface area contributed by atoms with E-state index in [-0.39, 0.29) is 0 Å². The van der Waals surface area contributed by atoms with Crippen molar-refractivity contribution in [1.82, 2.24) is 4.98 Å². The highest BCUT2D eigenvalue weighted by atomic mass is 16.3. The van der Waals surface area contributed by atoms with Gasteiger partial charge in [-0.1, -0.05) is 24.3 Å². The Kier molecular flexibility index (Phi) is 3.29. The van der Waals surface area contributed by atoms with E-state index >= 15 is 0 Å². The van der Waals surface area contributed by atoms with Crippen LogP contribution in [0.25, 0.3) is 22.6 Å². The predicted molar refractivity (Wildman–Crippen MR) is 76.8 cm³/mol. The van der Waals surface area contributed by atoms with Crippen molar-refractivity contribution >= 4 is 11.1 Å². The molecule has 3 heteroatoms. The quantitative estimate of drug-likeness (QED) is 0.774. The summed E-state index contributed by atoms with van der Waals surface area (Å²) in [4.78, 5) is 4.55. The third kappa shape index (κ3) is 2.51. The number of aromatic nitrogens is 1. The van der Waals surface area contributed by atoms with Gasteiger partial charge in [-0.2, -0.15) is 0 Å². The van der Waals surface area contributed by atoms with Crippen LogP contribution in [-0.2, 0) is 6.42 Å². The van der Waals surface area contributed by atoms with Gasteiger partial charge in [-0.05, 0) is 49.2 Å². The van der Waals surface area contributed by atoms with Crippen LogP contribution in [0.4, 0.5) is 0 Å². The van der Waals surface area contributed by atoms with E-state index in [0.29, 0.717) is 12.4 Å². The molecule has 1 heterocycles. The molecule has 1 aromatic heterocycles. The molecule has 19 heavy (non-hydrogen) atoms. The van der Waals surface area contributed by atoms with Crippen LogP contribution < -0.4 is 5.73 Å². The second-order valence-electron chi connectivity index (χ2n) is 4.58. The van der Waals surface area contributed by atoms with Crippen molar-refractivity contribution in [2.45, 2.75) is 12.8 Å². The molecule has 0 radical (unpaired) electrons. The molecule has 2 aromatic carbocycles. The van der Waals surface area contributed by atoms with Gasteiger partial charge < -0.3 is 10.2 Å². The van der Waals surface area contributed by atoms with Gasteiger partial charge in [-0.15, -0.1) is 0 Å². The number of rotatable bonds is 4. The minimum atomic E-state index is 0.673. The SMILES string of the molecule is NCCCc1ccc2oc(-c3ccccc3)nc2c1. The number of oxazole rings is 1. The molecule has 0 aliphatic rings. The zero-order valence-corrected chi connectivity index (χ0v) is 10.7. The fraction of sp³-hybridized carbons (Fsp3) is 0.188. The lowest BCUT2D eigenvalue weighted by Crippen LogP contribution is -2.00. The Morgan fingerprint density at radius 2 is 1.89 bits per heavy atom. The zero-order chi connectivity index (χ0) is 13.1. The maximum atomic E-state index is 5.78. The summed E-state index contributed by atoms with van der Waals surface area (Å²) in [5.74, 6) is 0.673. The standard InChI is InChI=1S/C16H16N2O/c17-10-4-5-12-8-9-15-14(11-12)18-16(19-15)13-6-2-1-3-7-13/h1-3,6-9,11H,4-5,10,17H2. The molecule has 3 rings (SSSR count). The molecular weight excluding hydrogens is 236 g/mol. The summed E-state index contributed by atoms with van der Waals surface area (Å²) < 4.78 is 5.78. The van der Waals surface area contributed by atoms with E-state index in [1.54, 1.807) is 0 Å². The minimum Gasteiger partial charge on any atom is -0.436 e. The number of benzene rings is 2. The first-order valence-electron chi connectivity index (χ1n) is 6.52. The number of hydrogen-bond donors (Lipinski definition) is 1. The molecule has 3 aromatic rings. The normalized spacial score (nSPS) is 11.0. The summed E-state index contributed by atoms with van der Waals surface area (Å²) in [5.41, 5.74) is 9.53. The van der Waals surface area contributed by atoms with Crippen molar-refractivity contribution in [3.63, 3.8) is 0 Å². The highest BCUT2D eigenvalue weighted by molar-refractivity contribution is 5.76. The number of nitrogens with zero attached hydrogens (tertiary/aromatic N) is 1. The first-order chi connectivity index (χ1) is 9.36. The van der Waals surface area contributed by atoms with Gasteiger partial charge in [0, 0.05) is 5.56 Å². The number of hydrogen-bond acceptors (Lipinski definition) is 3. The summed E-state index contributed by atoms with van der Waals surface area (Å²) in [7, 11) is 0. The van der Waals surface area contributed by atoms with E-state index in [2.05, 4.69) is 17.1 Å². The summed E-state index contributed by atoms with van der Waals surface area (Å²) in [5, 5.41) is 0. The molecule has 0 bridgehead atoms. The van der Waals surface area contributed by atoms with Crippen molar-refractivity contribution in [1.29, 1.82) is 0 Å². The molecule has 0 fully saturated rings. The lowest BCUT2D eigenvalue weighted by Gasteiger charge is -1.97. The Morgan fingerprint density at radius 3 is 2.68 bits per heavy atom. The molecule has 3 nitrogen and oxygen atoms in total. The molecule has 0 unspecified atom stereocenters. The van der Waals surface area contributed by atoms with Gasteiger partial charge in [0.25, 0.3) is 0 Å². The van der Waals surface area contributed by atoms with Crippen LogP contribution in [0.3, 0.4) is 0 Å². The van der Waals surface area contributed by atoms with Crippen LogP contribution in [0.5, 0.6) is 0 Å². The molecule has 0 saturated carbocycles. The van der Waals surface area contributed by atoms with E-state index in [9.17, 15) is 0 Å². The van der Waals surface area contributed by atoms with Crippen LogP contribution >= 0.6 is 0 Å². The van der Waals surface area contributed by atoms with Crippen molar-refractivity contribution < 1.29 is 4.42 Å². The molecule has 0 atom stereocenters. The zero-order valence-electron chi connectivity index (χ0n) is 10.7. The fourth-order valence-corrected chi connectivity index (χ4v) is 2.14. The fourth-order valence-electron chi connectivity index (χ4n) is 2.14. The topological polar surface area (TPSA) is 52.0 Å². The van der Waals surface area contributed by atoms with Gasteiger partial charge in [-0.3, -0.25) is 0 Å². The second kappa shape index (κ2) is 5.24. The van der Waals surface area contributed by atoms with E-state index in [1.807, 2.05) is 36.4 Å². The Bertz CT molecular complexity index is 674. The van der Waals surface area contributed by atoms with E-state index < -0.39 is 0 Å². The monoisotopic (exact) mass is 252 g/mol. The highest BCUT2D eigenvalue weighted by Gasteiger charge is 2.08. The average molecular weight is 252 g/mol. The maximum absolute atomic E-state index is 5.78. The van der Waals surface area contributed by atoms with Gasteiger partial charge in [0.15, 0.2) is 5.58 Å². The van der Waals surface area contributed by atoms with Crippen molar-refractivity contribution in [3.8, 4) is 11.5 Å². The first-order valence-corrected chi connectivity index (χ1v) is 6.52. The van der Waals surface area contributed by atoms with E-state index in [1.165, 1.54) is 5.56 Å². The number of nitrogens with two attached hydrogens (primary N) is 1. The predicted octanol–water partition coefficient (Wildman–Crippen LogP) is 3.39. The Labute approximate surface area is 112 Å². The largest absolute Gasteiger partial charge is 0.436 e. The molecule has 0 spiro atoms. The van der Waals surface area contributed by atoms with Crippen molar-refractivity contribution in [2.75, 3.05) is 6.54 Å². The van der Waals surface area contributed by atoms with Crippen LogP contribution in [0, 0.1) is 0 Å². The Hall–Kier alpha value is -2.13. The van der Waals surface area contributed by atoms with Gasteiger partial charge in [0.2, 0.25) is 5.89 Å². The Morgan fingerprint density at radius 1 is 1.05 bits per heavy atom. The number of fused-ring (bicyclic) bond motifs is 1. The summed E-state index contributed by atoms with van der Waals surface area (Å²) in [6.45, 7) is 0.714. The van der Waals surface area contributed by atoms with E-state index in [0.717, 1.165) is 29.5 Å². The molecule has 0 aliphatic heterocycles. The Balaban J connectivity index is 1.97. The molecule has 96 valence electrons. The molecule has 0 saturated heterocycles. The number of aryl methyl sites for hydroxylation is 1. The summed E-state index contributed by atoms with van der Waals surface area (Å²) >= 11 is 0. The molecule has 2 N–H and O–H groups in total. The van der Waals surface area contributed by atoms with Crippen LogP contribution in [-0.4, -0.2) is 11.5 Å². The third-order valence-electron chi connectivity index (χ3n) is 3.14. The van der Waals surface area contributed by atoms with Crippen LogP contribution in [0.1, 0.15) is 12.0 Å². The summed E-state index contributed by atoms with van der Waals surface area (Å²) in [6, 6.07) is 16.1. The van der Waals surface area contributed by atoms with Crippen molar-refractivity contribution in [3.05, 3.63) is 54.1 Å². The van der Waals surface area contributed by atoms with Gasteiger partial charge >= 0.3 is 0 Å². The molecule has 0 amide bonds. The highest BCUT2D eigenvalue weighted by Crippen LogP contribution is 2.24. The molecular formula is C16H16N2O. The second-order valence-corrected chi connectivity index (χ2v) is 4.58. The van der Waals surface area contributed by atoms with Crippen molar-refractivity contribution in [2.24, 2.45) is 5.73 Å². The van der Waals surface area contributed by atoms with E-state index in [4.69, 9.17) is 10.2 Å². The maximum Gasteiger partial charge on any atom is 0.227 e. The minimum absolute atomic E-state index is 0.673. The summed E-state index contributed by atoms with van der Waals surface area (Å²) in [6.07, 6.45) is 1.98. The van der Waals surface area contributed by atoms with Gasteiger partial charge in [0.05, 0.1) is 0 Å².